The van der Waals surface area contributed by atoms with Crippen molar-refractivity contribution < 1.29 is 18.8 Å². The number of halogens is 1. The topological polar surface area (TPSA) is 87.4 Å². The lowest BCUT2D eigenvalue weighted by Crippen LogP contribution is -2.40. The van der Waals surface area contributed by atoms with Crippen LogP contribution in [0.15, 0.2) is 28.8 Å². The molecule has 0 saturated carbocycles. The zero-order valence-electron chi connectivity index (χ0n) is 13.3. The number of aliphatic hydroxyl groups is 1. The fraction of sp³-hybridized carbons (Fsp3) is 0.375. The van der Waals surface area contributed by atoms with Crippen LogP contribution in [0.2, 0.25) is 0 Å². The van der Waals surface area contributed by atoms with E-state index in [-0.39, 0.29) is 6.54 Å². The molecule has 23 heavy (non-hydrogen) atoms. The minimum Gasteiger partial charge on any atom is -0.384 e. The van der Waals surface area contributed by atoms with Crippen LogP contribution in [-0.2, 0) is 12.0 Å². The van der Waals surface area contributed by atoms with E-state index >= 15 is 0 Å². The Labute approximate surface area is 133 Å². The van der Waals surface area contributed by atoms with Crippen molar-refractivity contribution in [2.45, 2.75) is 32.8 Å². The van der Waals surface area contributed by atoms with Gasteiger partial charge >= 0.3 is 6.03 Å². The predicted molar refractivity (Wildman–Crippen MR) is 83.6 cm³/mol. The van der Waals surface area contributed by atoms with E-state index in [1.54, 1.807) is 13.0 Å². The Morgan fingerprint density at radius 1 is 1.48 bits per heavy atom. The lowest BCUT2D eigenvalue weighted by Gasteiger charge is -2.24. The van der Waals surface area contributed by atoms with Crippen LogP contribution in [0.4, 0.5) is 14.9 Å². The zero-order valence-corrected chi connectivity index (χ0v) is 13.3. The minimum atomic E-state index is -1.39. The van der Waals surface area contributed by atoms with Crippen LogP contribution in [-0.4, -0.2) is 22.8 Å². The zero-order chi connectivity index (χ0) is 17.0. The fourth-order valence-corrected chi connectivity index (χ4v) is 2.15. The van der Waals surface area contributed by atoms with Crippen molar-refractivity contribution in [1.82, 2.24) is 10.5 Å². The molecule has 2 amide bonds. The molecule has 2 aromatic rings. The molecule has 3 N–H and O–H groups in total. The number of urea groups is 1. The molecule has 0 radical (unpaired) electrons. The number of aromatic nitrogens is 1. The van der Waals surface area contributed by atoms with E-state index in [9.17, 15) is 14.3 Å². The van der Waals surface area contributed by atoms with Gasteiger partial charge in [0.1, 0.15) is 22.8 Å². The Morgan fingerprint density at radius 2 is 2.22 bits per heavy atom. The summed E-state index contributed by atoms with van der Waals surface area (Å²) in [6.07, 6.45) is 0.595. The van der Waals surface area contributed by atoms with Crippen molar-refractivity contribution in [2.75, 3.05) is 11.9 Å². The standard InChI is InChI=1S/C16H20FN3O3/c1-4-13-14(10(2)20-23-13)19-15(21)18-9-16(3,22)11-6-5-7-12(17)8-11/h5-8,22H,4,9H2,1-3H3,(H2,18,19,21). The smallest absolute Gasteiger partial charge is 0.319 e. The molecule has 2 rings (SSSR count). The fourth-order valence-electron chi connectivity index (χ4n) is 2.15. The Bertz CT molecular complexity index is 698. The van der Waals surface area contributed by atoms with Crippen LogP contribution < -0.4 is 10.6 Å². The number of anilines is 1. The van der Waals surface area contributed by atoms with Crippen molar-refractivity contribution in [3.8, 4) is 0 Å². The van der Waals surface area contributed by atoms with Gasteiger partial charge in [0.05, 0.1) is 6.54 Å². The van der Waals surface area contributed by atoms with Crippen LogP contribution in [0.5, 0.6) is 0 Å². The summed E-state index contributed by atoms with van der Waals surface area (Å²) in [5, 5.41) is 19.4. The minimum absolute atomic E-state index is 0.0753. The third-order valence-electron chi connectivity index (χ3n) is 3.53. The van der Waals surface area contributed by atoms with E-state index in [1.165, 1.54) is 25.1 Å². The molecule has 0 saturated heterocycles. The van der Waals surface area contributed by atoms with Crippen LogP contribution in [0.3, 0.4) is 0 Å². The van der Waals surface area contributed by atoms with E-state index in [4.69, 9.17) is 4.52 Å². The number of amides is 2. The van der Waals surface area contributed by atoms with Gasteiger partial charge in [-0.1, -0.05) is 24.2 Å². The molecular weight excluding hydrogens is 301 g/mol. The molecule has 0 aliphatic carbocycles. The van der Waals surface area contributed by atoms with E-state index in [0.29, 0.717) is 29.1 Å². The van der Waals surface area contributed by atoms with Crippen molar-refractivity contribution in [3.63, 3.8) is 0 Å². The molecule has 6 nitrogen and oxygen atoms in total. The first-order valence-electron chi connectivity index (χ1n) is 7.32. The van der Waals surface area contributed by atoms with Crippen molar-refractivity contribution in [3.05, 3.63) is 47.1 Å². The highest BCUT2D eigenvalue weighted by Crippen LogP contribution is 2.22. The summed E-state index contributed by atoms with van der Waals surface area (Å²) >= 11 is 0. The number of nitrogens with one attached hydrogen (secondary N) is 2. The normalized spacial score (nSPS) is 13.4. The number of nitrogens with zero attached hydrogens (tertiary/aromatic N) is 1. The van der Waals surface area contributed by atoms with Crippen molar-refractivity contribution >= 4 is 11.7 Å². The number of hydrogen-bond acceptors (Lipinski definition) is 4. The second-order valence-corrected chi connectivity index (χ2v) is 5.51. The first kappa shape index (κ1) is 17.0. The highest BCUT2D eigenvalue weighted by molar-refractivity contribution is 5.90. The summed E-state index contributed by atoms with van der Waals surface area (Å²) in [4.78, 5) is 12.0. The molecule has 1 unspecified atom stereocenters. The van der Waals surface area contributed by atoms with Gasteiger partial charge in [-0.05, 0) is 31.5 Å². The van der Waals surface area contributed by atoms with Crippen molar-refractivity contribution in [2.24, 2.45) is 0 Å². The highest BCUT2D eigenvalue weighted by Gasteiger charge is 2.24. The molecule has 0 bridgehead atoms. The van der Waals surface area contributed by atoms with Crippen LogP contribution in [0.25, 0.3) is 0 Å². The molecule has 124 valence electrons. The monoisotopic (exact) mass is 321 g/mol. The predicted octanol–water partition coefficient (Wildman–Crippen LogP) is 2.71. The van der Waals surface area contributed by atoms with Gasteiger partial charge in [-0.2, -0.15) is 0 Å². The summed E-state index contributed by atoms with van der Waals surface area (Å²) in [7, 11) is 0. The number of carbonyl (C=O) groups is 1. The van der Waals surface area contributed by atoms with Gasteiger partial charge in [0.25, 0.3) is 0 Å². The lowest BCUT2D eigenvalue weighted by molar-refractivity contribution is 0.0596. The molecule has 0 fully saturated rings. The summed E-state index contributed by atoms with van der Waals surface area (Å²) in [5.74, 6) is 0.134. The molecule has 1 aromatic heterocycles. The second kappa shape index (κ2) is 6.78. The summed E-state index contributed by atoms with van der Waals surface area (Å²) < 4.78 is 18.3. The first-order chi connectivity index (χ1) is 10.8. The summed E-state index contributed by atoms with van der Waals surface area (Å²) in [5.41, 5.74) is 0.0916. The maximum Gasteiger partial charge on any atom is 0.319 e. The number of aryl methyl sites for hydroxylation is 2. The highest BCUT2D eigenvalue weighted by atomic mass is 19.1. The number of benzene rings is 1. The number of carbonyl (C=O) groups excluding carboxylic acids is 1. The van der Waals surface area contributed by atoms with E-state index in [2.05, 4.69) is 15.8 Å². The second-order valence-electron chi connectivity index (χ2n) is 5.51. The van der Waals surface area contributed by atoms with Crippen molar-refractivity contribution in [1.29, 1.82) is 0 Å². The van der Waals surface area contributed by atoms with E-state index in [1.807, 2.05) is 6.92 Å². The molecule has 1 atom stereocenters. The van der Waals surface area contributed by atoms with Gasteiger partial charge in [0, 0.05) is 6.42 Å². The average molecular weight is 321 g/mol. The van der Waals surface area contributed by atoms with Gasteiger partial charge in [-0.15, -0.1) is 0 Å². The largest absolute Gasteiger partial charge is 0.384 e. The Kier molecular flexibility index (Phi) is 5.00. The maximum absolute atomic E-state index is 13.2. The number of hydrogen-bond donors (Lipinski definition) is 3. The van der Waals surface area contributed by atoms with E-state index < -0.39 is 17.4 Å². The maximum atomic E-state index is 13.2. The summed E-state index contributed by atoms with van der Waals surface area (Å²) in [6.45, 7) is 5.04. The first-order valence-corrected chi connectivity index (χ1v) is 7.32. The molecule has 1 aromatic carbocycles. The van der Waals surface area contributed by atoms with Crippen LogP contribution in [0.1, 0.15) is 30.9 Å². The Hall–Kier alpha value is -2.41. The Morgan fingerprint density at radius 3 is 2.87 bits per heavy atom. The molecular formula is C16H20FN3O3. The lowest BCUT2D eigenvalue weighted by atomic mass is 9.96. The molecule has 0 aliphatic rings. The quantitative estimate of drug-likeness (QED) is 0.790. The third-order valence-corrected chi connectivity index (χ3v) is 3.53. The average Bonchev–Trinajstić information content (AvgIpc) is 2.86. The summed E-state index contributed by atoms with van der Waals surface area (Å²) in [6, 6.07) is 5.14. The van der Waals surface area contributed by atoms with Crippen LogP contribution in [0, 0.1) is 12.7 Å². The Balaban J connectivity index is 1.99. The van der Waals surface area contributed by atoms with Crippen LogP contribution >= 0.6 is 0 Å². The molecule has 1 heterocycles. The molecule has 0 aliphatic heterocycles. The number of rotatable bonds is 5. The molecule has 0 spiro atoms. The van der Waals surface area contributed by atoms with E-state index in [0.717, 1.165) is 0 Å². The van der Waals surface area contributed by atoms with Gasteiger partial charge < -0.3 is 20.3 Å². The van der Waals surface area contributed by atoms with Gasteiger partial charge in [0.2, 0.25) is 0 Å². The molecule has 7 heteroatoms. The van der Waals surface area contributed by atoms with Gasteiger partial charge in [-0.3, -0.25) is 0 Å². The SMILES string of the molecule is CCc1onc(C)c1NC(=O)NCC(C)(O)c1cccc(F)c1. The third kappa shape index (κ3) is 4.07. The van der Waals surface area contributed by atoms with Gasteiger partial charge in [0.15, 0.2) is 5.76 Å². The van der Waals surface area contributed by atoms with Gasteiger partial charge in [-0.25, -0.2) is 9.18 Å².